The molecule has 2 saturated heterocycles. The van der Waals surface area contributed by atoms with Crippen molar-refractivity contribution in [3.63, 3.8) is 0 Å². The van der Waals surface area contributed by atoms with Crippen LogP contribution in [-0.2, 0) is 4.79 Å². The summed E-state index contributed by atoms with van der Waals surface area (Å²) in [6.45, 7) is 1.91. The lowest BCUT2D eigenvalue weighted by Crippen LogP contribution is -2.39. The van der Waals surface area contributed by atoms with Crippen LogP contribution in [0.2, 0.25) is 0 Å². The minimum Gasteiger partial charge on any atom is -0.345 e. The van der Waals surface area contributed by atoms with Gasteiger partial charge in [0, 0.05) is 43.9 Å². The molecular weight excluding hydrogens is 302 g/mol. The molecule has 0 aromatic heterocycles. The number of carbonyl (C=O) groups is 2. The van der Waals surface area contributed by atoms with Crippen molar-refractivity contribution >= 4 is 17.5 Å². The predicted octanol–water partition coefficient (Wildman–Crippen LogP) is 2.56. The molecule has 2 aliphatic heterocycles. The Hall–Kier alpha value is -1.88. The number of nitrogens with one attached hydrogen (secondary N) is 2. The number of hydrogen-bond donors (Lipinski definition) is 2. The molecule has 1 aromatic rings. The number of amides is 2. The van der Waals surface area contributed by atoms with Gasteiger partial charge < -0.3 is 15.5 Å². The smallest absolute Gasteiger partial charge is 0.253 e. The van der Waals surface area contributed by atoms with Crippen molar-refractivity contribution < 1.29 is 9.59 Å². The van der Waals surface area contributed by atoms with Crippen molar-refractivity contribution in [1.29, 1.82) is 0 Å². The van der Waals surface area contributed by atoms with E-state index in [1.807, 2.05) is 19.1 Å². The van der Waals surface area contributed by atoms with Gasteiger partial charge in [-0.15, -0.1) is 0 Å². The Morgan fingerprint density at radius 3 is 2.50 bits per heavy atom. The van der Waals surface area contributed by atoms with Gasteiger partial charge in [0.1, 0.15) is 0 Å². The van der Waals surface area contributed by atoms with Crippen molar-refractivity contribution in [3.05, 3.63) is 29.3 Å². The molecule has 2 N–H and O–H groups in total. The van der Waals surface area contributed by atoms with Crippen LogP contribution in [0, 0.1) is 12.8 Å². The summed E-state index contributed by atoms with van der Waals surface area (Å²) in [5.74, 6) is 0.476. The number of nitrogens with zero attached hydrogens (tertiary/aromatic N) is 1. The molecule has 5 heteroatoms. The number of aryl methyl sites for hydroxylation is 1. The van der Waals surface area contributed by atoms with Crippen molar-refractivity contribution in [3.8, 4) is 0 Å². The Labute approximate surface area is 143 Å². The number of piperidine rings is 1. The first kappa shape index (κ1) is 17.0. The van der Waals surface area contributed by atoms with Crippen LogP contribution in [0.4, 0.5) is 5.69 Å². The summed E-state index contributed by atoms with van der Waals surface area (Å²) in [6, 6.07) is 6.74. The molecule has 1 aromatic carbocycles. The third kappa shape index (κ3) is 3.78. The SMILES string of the molecule is Cc1ccc(NC(=O)CC2CC3CCC(C2)N3)cc1C(=O)N(C)C. The topological polar surface area (TPSA) is 61.4 Å². The lowest BCUT2D eigenvalue weighted by molar-refractivity contribution is -0.117. The van der Waals surface area contributed by atoms with E-state index >= 15 is 0 Å². The molecule has 24 heavy (non-hydrogen) atoms. The van der Waals surface area contributed by atoms with E-state index in [1.54, 1.807) is 25.1 Å². The third-order valence-corrected chi connectivity index (χ3v) is 5.20. The predicted molar refractivity (Wildman–Crippen MR) is 95.1 cm³/mol. The van der Waals surface area contributed by atoms with Gasteiger partial charge >= 0.3 is 0 Å². The average Bonchev–Trinajstić information content (AvgIpc) is 2.87. The van der Waals surface area contributed by atoms with Gasteiger partial charge in [-0.05, 0) is 56.2 Å². The highest BCUT2D eigenvalue weighted by Gasteiger charge is 2.34. The van der Waals surface area contributed by atoms with E-state index < -0.39 is 0 Å². The highest BCUT2D eigenvalue weighted by atomic mass is 16.2. The van der Waals surface area contributed by atoms with Gasteiger partial charge in [0.05, 0.1) is 0 Å². The van der Waals surface area contributed by atoms with E-state index in [1.165, 1.54) is 12.8 Å². The summed E-state index contributed by atoms with van der Waals surface area (Å²) in [6.07, 6.45) is 5.26. The lowest BCUT2D eigenvalue weighted by Gasteiger charge is -2.28. The Kier molecular flexibility index (Phi) is 4.90. The molecule has 2 atom stereocenters. The van der Waals surface area contributed by atoms with Crippen molar-refractivity contribution in [2.45, 2.75) is 51.1 Å². The minimum absolute atomic E-state index is 0.0430. The molecule has 2 aliphatic rings. The molecule has 0 aliphatic carbocycles. The summed E-state index contributed by atoms with van der Waals surface area (Å²) >= 11 is 0. The van der Waals surface area contributed by atoms with Crippen molar-refractivity contribution in [2.24, 2.45) is 5.92 Å². The quantitative estimate of drug-likeness (QED) is 0.892. The molecular formula is C19H27N3O2. The molecule has 2 amide bonds. The van der Waals surface area contributed by atoms with E-state index in [0.29, 0.717) is 35.7 Å². The zero-order chi connectivity index (χ0) is 17.3. The number of fused-ring (bicyclic) bond motifs is 2. The van der Waals surface area contributed by atoms with Gasteiger partial charge in [-0.25, -0.2) is 0 Å². The van der Waals surface area contributed by atoms with Crippen molar-refractivity contribution in [1.82, 2.24) is 10.2 Å². The fourth-order valence-electron chi connectivity index (χ4n) is 3.99. The summed E-state index contributed by atoms with van der Waals surface area (Å²) in [5, 5.41) is 6.58. The van der Waals surface area contributed by atoms with E-state index in [0.717, 1.165) is 18.4 Å². The van der Waals surface area contributed by atoms with Crippen LogP contribution in [0.25, 0.3) is 0 Å². The first-order chi connectivity index (χ1) is 11.4. The second-order valence-corrected chi connectivity index (χ2v) is 7.46. The summed E-state index contributed by atoms with van der Waals surface area (Å²) in [5.41, 5.74) is 2.26. The molecule has 5 nitrogen and oxygen atoms in total. The number of hydrogen-bond acceptors (Lipinski definition) is 3. The number of carbonyl (C=O) groups excluding carboxylic acids is 2. The second-order valence-electron chi connectivity index (χ2n) is 7.46. The normalized spacial score (nSPS) is 25.4. The van der Waals surface area contributed by atoms with Gasteiger partial charge in [-0.2, -0.15) is 0 Å². The maximum atomic E-state index is 12.4. The number of rotatable bonds is 4. The minimum atomic E-state index is -0.0430. The van der Waals surface area contributed by atoms with E-state index in [9.17, 15) is 9.59 Å². The van der Waals surface area contributed by atoms with E-state index in [4.69, 9.17) is 0 Å². The van der Waals surface area contributed by atoms with Crippen LogP contribution in [0.5, 0.6) is 0 Å². The third-order valence-electron chi connectivity index (χ3n) is 5.20. The maximum Gasteiger partial charge on any atom is 0.253 e. The fraction of sp³-hybridized carbons (Fsp3) is 0.579. The van der Waals surface area contributed by atoms with Crippen LogP contribution < -0.4 is 10.6 Å². The molecule has 130 valence electrons. The molecule has 2 fully saturated rings. The molecule has 0 spiro atoms. The van der Waals surface area contributed by atoms with Gasteiger partial charge in [0.15, 0.2) is 0 Å². The Balaban J connectivity index is 1.62. The highest BCUT2D eigenvalue weighted by Crippen LogP contribution is 2.32. The lowest BCUT2D eigenvalue weighted by atomic mass is 9.89. The number of benzene rings is 1. The standard InChI is InChI=1S/C19H27N3O2/c1-12-4-5-16(11-17(12)19(24)22(2)3)21-18(23)10-13-8-14-6-7-15(9-13)20-14/h4-5,11,13-15,20H,6-10H2,1-3H3,(H,21,23). The molecule has 2 bridgehead atoms. The zero-order valence-electron chi connectivity index (χ0n) is 14.8. The number of anilines is 1. The molecule has 2 unspecified atom stereocenters. The summed E-state index contributed by atoms with van der Waals surface area (Å²) in [7, 11) is 3.47. The maximum absolute atomic E-state index is 12.4. The largest absolute Gasteiger partial charge is 0.345 e. The monoisotopic (exact) mass is 329 g/mol. The molecule has 2 heterocycles. The zero-order valence-corrected chi connectivity index (χ0v) is 14.8. The Bertz CT molecular complexity index is 629. The Morgan fingerprint density at radius 2 is 1.88 bits per heavy atom. The van der Waals surface area contributed by atoms with Gasteiger partial charge in [0.25, 0.3) is 5.91 Å². The fourth-order valence-corrected chi connectivity index (χ4v) is 3.99. The van der Waals surface area contributed by atoms with Gasteiger partial charge in [-0.3, -0.25) is 9.59 Å². The molecule has 0 radical (unpaired) electrons. The van der Waals surface area contributed by atoms with Crippen LogP contribution >= 0.6 is 0 Å². The Morgan fingerprint density at radius 1 is 1.21 bits per heavy atom. The first-order valence-electron chi connectivity index (χ1n) is 8.80. The van der Waals surface area contributed by atoms with Gasteiger partial charge in [0.2, 0.25) is 5.91 Å². The van der Waals surface area contributed by atoms with E-state index in [2.05, 4.69) is 10.6 Å². The van der Waals surface area contributed by atoms with Crippen LogP contribution in [-0.4, -0.2) is 42.9 Å². The second kappa shape index (κ2) is 6.93. The van der Waals surface area contributed by atoms with Crippen molar-refractivity contribution in [2.75, 3.05) is 19.4 Å². The van der Waals surface area contributed by atoms with E-state index in [-0.39, 0.29) is 11.8 Å². The van der Waals surface area contributed by atoms with Crippen LogP contribution in [0.15, 0.2) is 18.2 Å². The first-order valence-corrected chi connectivity index (χ1v) is 8.80. The van der Waals surface area contributed by atoms with Crippen LogP contribution in [0.3, 0.4) is 0 Å². The summed E-state index contributed by atoms with van der Waals surface area (Å²) in [4.78, 5) is 26.1. The van der Waals surface area contributed by atoms with Gasteiger partial charge in [-0.1, -0.05) is 6.07 Å². The molecule has 3 rings (SSSR count). The average molecular weight is 329 g/mol. The van der Waals surface area contributed by atoms with Crippen LogP contribution in [0.1, 0.15) is 48.0 Å². The molecule has 0 saturated carbocycles. The summed E-state index contributed by atoms with van der Waals surface area (Å²) < 4.78 is 0. The highest BCUT2D eigenvalue weighted by molar-refractivity contribution is 5.98.